The molecular formula is C18H20F3NO. The Balaban J connectivity index is 1.58. The molecule has 0 aromatic heterocycles. The van der Waals surface area contributed by atoms with E-state index < -0.39 is 11.7 Å². The molecule has 1 aliphatic carbocycles. The highest BCUT2D eigenvalue weighted by Crippen LogP contribution is 2.55. The molecule has 1 unspecified atom stereocenters. The second-order valence-corrected chi connectivity index (χ2v) is 6.62. The quantitative estimate of drug-likeness (QED) is 0.761. The summed E-state index contributed by atoms with van der Waals surface area (Å²) in [4.78, 5) is 13.7. The van der Waals surface area contributed by atoms with Crippen molar-refractivity contribution < 1.29 is 18.0 Å². The second-order valence-electron chi connectivity index (χ2n) is 6.62. The van der Waals surface area contributed by atoms with Gasteiger partial charge in [0.1, 0.15) is 0 Å². The number of hydrogen-bond donors (Lipinski definition) is 0. The lowest BCUT2D eigenvalue weighted by Crippen LogP contribution is -2.28. The summed E-state index contributed by atoms with van der Waals surface area (Å²) < 4.78 is 37.8. The number of nitrogens with zero attached hydrogens (tertiary/aromatic N) is 1. The predicted molar refractivity (Wildman–Crippen MR) is 81.7 cm³/mol. The molecule has 1 saturated carbocycles. The van der Waals surface area contributed by atoms with Crippen molar-refractivity contribution in [2.75, 3.05) is 13.1 Å². The molecule has 1 aromatic carbocycles. The Bertz CT molecular complexity index is 596. The standard InChI is InChI=1S/C18H20F3NO/c1-3-14(23)8-15-16-9-22(10-17(15)16)11(2)12-4-6-13(7-5-12)18(19,20)21/h3-7,11,15-17H,1,8-10H2,2H3/t11-,15?,16-,17+/m0/s1. The Labute approximate surface area is 134 Å². The number of halogens is 3. The molecule has 0 radical (unpaired) electrons. The van der Waals surface area contributed by atoms with Gasteiger partial charge in [-0.3, -0.25) is 9.69 Å². The molecule has 0 bridgehead atoms. The molecule has 2 aliphatic rings. The number of hydrogen-bond acceptors (Lipinski definition) is 2. The molecule has 4 atom stereocenters. The van der Waals surface area contributed by atoms with Gasteiger partial charge in [-0.25, -0.2) is 0 Å². The van der Waals surface area contributed by atoms with Crippen LogP contribution >= 0.6 is 0 Å². The van der Waals surface area contributed by atoms with Crippen molar-refractivity contribution in [3.05, 3.63) is 48.0 Å². The first-order chi connectivity index (χ1) is 10.8. The average molecular weight is 323 g/mol. The van der Waals surface area contributed by atoms with E-state index in [0.717, 1.165) is 30.8 Å². The van der Waals surface area contributed by atoms with E-state index in [2.05, 4.69) is 11.5 Å². The number of allylic oxidation sites excluding steroid dienone is 1. The zero-order valence-corrected chi connectivity index (χ0v) is 13.0. The highest BCUT2D eigenvalue weighted by Gasteiger charge is 2.56. The Morgan fingerprint density at radius 1 is 1.30 bits per heavy atom. The van der Waals surface area contributed by atoms with E-state index in [9.17, 15) is 18.0 Å². The van der Waals surface area contributed by atoms with Crippen molar-refractivity contribution in [3.63, 3.8) is 0 Å². The van der Waals surface area contributed by atoms with E-state index >= 15 is 0 Å². The van der Waals surface area contributed by atoms with Gasteiger partial charge < -0.3 is 0 Å². The van der Waals surface area contributed by atoms with Gasteiger partial charge in [0, 0.05) is 25.6 Å². The fourth-order valence-electron chi connectivity index (χ4n) is 3.78. The van der Waals surface area contributed by atoms with Crippen molar-refractivity contribution in [3.8, 4) is 0 Å². The number of carbonyl (C=O) groups is 1. The molecule has 2 fully saturated rings. The zero-order valence-electron chi connectivity index (χ0n) is 13.0. The van der Waals surface area contributed by atoms with Gasteiger partial charge in [-0.15, -0.1) is 0 Å². The van der Waals surface area contributed by atoms with Crippen LogP contribution in [0.25, 0.3) is 0 Å². The fourth-order valence-corrected chi connectivity index (χ4v) is 3.78. The number of fused-ring (bicyclic) bond motifs is 1. The largest absolute Gasteiger partial charge is 0.416 e. The molecule has 1 heterocycles. The summed E-state index contributed by atoms with van der Waals surface area (Å²) >= 11 is 0. The number of piperidine rings is 1. The van der Waals surface area contributed by atoms with Crippen molar-refractivity contribution in [2.24, 2.45) is 17.8 Å². The number of ketones is 1. The van der Waals surface area contributed by atoms with Crippen LogP contribution in [0.4, 0.5) is 13.2 Å². The Morgan fingerprint density at radius 2 is 1.87 bits per heavy atom. The summed E-state index contributed by atoms with van der Waals surface area (Å²) in [7, 11) is 0. The van der Waals surface area contributed by atoms with Crippen molar-refractivity contribution >= 4 is 5.78 Å². The Morgan fingerprint density at radius 3 is 2.35 bits per heavy atom. The molecule has 5 heteroatoms. The Kier molecular flexibility index (Phi) is 4.08. The van der Waals surface area contributed by atoms with Crippen LogP contribution in [0.15, 0.2) is 36.9 Å². The number of likely N-dealkylation sites (tertiary alicyclic amines) is 1. The summed E-state index contributed by atoms with van der Waals surface area (Å²) in [5.74, 6) is 1.68. The lowest BCUT2D eigenvalue weighted by molar-refractivity contribution is -0.137. The first kappa shape index (κ1) is 16.2. The van der Waals surface area contributed by atoms with Gasteiger partial charge in [-0.05, 0) is 48.4 Å². The first-order valence-corrected chi connectivity index (χ1v) is 7.87. The summed E-state index contributed by atoms with van der Waals surface area (Å²) in [6, 6.07) is 5.52. The van der Waals surface area contributed by atoms with Gasteiger partial charge >= 0.3 is 6.18 Å². The molecule has 1 aromatic rings. The molecule has 23 heavy (non-hydrogen) atoms. The van der Waals surface area contributed by atoms with E-state index in [1.165, 1.54) is 6.08 Å². The third-order valence-electron chi connectivity index (χ3n) is 5.33. The average Bonchev–Trinajstić information content (AvgIpc) is 2.96. The maximum absolute atomic E-state index is 12.6. The molecule has 0 amide bonds. The number of carbonyl (C=O) groups excluding carboxylic acids is 1. The maximum Gasteiger partial charge on any atom is 0.416 e. The van der Waals surface area contributed by atoms with Crippen molar-refractivity contribution in [1.29, 1.82) is 0 Å². The van der Waals surface area contributed by atoms with Crippen molar-refractivity contribution in [1.82, 2.24) is 4.90 Å². The minimum Gasteiger partial charge on any atom is -0.296 e. The Hall–Kier alpha value is -1.62. The van der Waals surface area contributed by atoms with Gasteiger partial charge in [0.2, 0.25) is 0 Å². The minimum absolute atomic E-state index is 0.0980. The summed E-state index contributed by atoms with van der Waals surface area (Å²) in [5, 5.41) is 0. The second kappa shape index (κ2) is 5.78. The lowest BCUT2D eigenvalue weighted by atomic mass is 10.0. The summed E-state index contributed by atoms with van der Waals surface area (Å²) in [5.41, 5.74) is 0.290. The van der Waals surface area contributed by atoms with E-state index in [1.807, 2.05) is 6.92 Å². The number of alkyl halides is 3. The van der Waals surface area contributed by atoms with Gasteiger partial charge in [0.25, 0.3) is 0 Å². The predicted octanol–water partition coefficient (Wildman–Crippen LogP) is 4.09. The highest BCUT2D eigenvalue weighted by molar-refractivity contribution is 5.89. The monoisotopic (exact) mass is 323 g/mol. The van der Waals surface area contributed by atoms with Crippen molar-refractivity contribution in [2.45, 2.75) is 25.6 Å². The first-order valence-electron chi connectivity index (χ1n) is 7.87. The zero-order chi connectivity index (χ0) is 16.8. The van der Waals surface area contributed by atoms with Crippen LogP contribution in [-0.4, -0.2) is 23.8 Å². The summed E-state index contributed by atoms with van der Waals surface area (Å²) in [6.07, 6.45) is -2.32. The third-order valence-corrected chi connectivity index (χ3v) is 5.33. The van der Waals surface area contributed by atoms with Gasteiger partial charge in [-0.2, -0.15) is 13.2 Å². The summed E-state index contributed by atoms with van der Waals surface area (Å²) in [6.45, 7) is 7.36. The van der Waals surface area contributed by atoms with Crippen LogP contribution in [0.5, 0.6) is 0 Å². The van der Waals surface area contributed by atoms with Crippen LogP contribution < -0.4 is 0 Å². The molecule has 2 nitrogen and oxygen atoms in total. The van der Waals surface area contributed by atoms with Crippen LogP contribution in [-0.2, 0) is 11.0 Å². The van der Waals surface area contributed by atoms with E-state index in [0.29, 0.717) is 24.2 Å². The third kappa shape index (κ3) is 3.20. The van der Waals surface area contributed by atoms with E-state index in [4.69, 9.17) is 0 Å². The van der Waals surface area contributed by atoms with E-state index in [-0.39, 0.29) is 11.8 Å². The molecule has 124 valence electrons. The molecule has 0 N–H and O–H groups in total. The topological polar surface area (TPSA) is 20.3 Å². The van der Waals surface area contributed by atoms with Gasteiger partial charge in [0.15, 0.2) is 5.78 Å². The fraction of sp³-hybridized carbons (Fsp3) is 0.500. The molecule has 1 saturated heterocycles. The van der Waals surface area contributed by atoms with Crippen LogP contribution in [0.2, 0.25) is 0 Å². The van der Waals surface area contributed by atoms with Gasteiger partial charge in [0.05, 0.1) is 5.56 Å². The van der Waals surface area contributed by atoms with Crippen LogP contribution in [0.3, 0.4) is 0 Å². The van der Waals surface area contributed by atoms with Gasteiger partial charge in [-0.1, -0.05) is 18.7 Å². The SMILES string of the molecule is C=CC(=O)CC1[C@H]2CN([C@@H](C)c3ccc(C(F)(F)F)cc3)C[C@@H]12. The number of benzene rings is 1. The van der Waals surface area contributed by atoms with Crippen LogP contribution in [0.1, 0.15) is 30.5 Å². The van der Waals surface area contributed by atoms with Crippen LogP contribution in [0, 0.1) is 17.8 Å². The molecule has 3 rings (SSSR count). The number of rotatable bonds is 5. The molecule has 1 aliphatic heterocycles. The minimum atomic E-state index is -4.29. The maximum atomic E-state index is 12.6. The normalized spacial score (nSPS) is 28.3. The molecule has 0 spiro atoms. The lowest BCUT2D eigenvalue weighted by Gasteiger charge is -2.27. The highest BCUT2D eigenvalue weighted by atomic mass is 19.4. The molecular weight excluding hydrogens is 303 g/mol. The smallest absolute Gasteiger partial charge is 0.296 e. The van der Waals surface area contributed by atoms with E-state index in [1.54, 1.807) is 12.1 Å².